The van der Waals surface area contributed by atoms with Crippen LogP contribution in [-0.2, 0) is 11.2 Å². The smallest absolute Gasteiger partial charge is 0.223 e. The van der Waals surface area contributed by atoms with Crippen LogP contribution in [0.1, 0.15) is 42.9 Å². The standard InChI is InChI=1S/C14H15Br2NO/c15-11-7-9-3-1-2-6-17-13(4-5-14(17)18)10(9)8-12(11)16/h7-8,13H,1-6H2. The van der Waals surface area contributed by atoms with Gasteiger partial charge in [0.15, 0.2) is 0 Å². The summed E-state index contributed by atoms with van der Waals surface area (Å²) in [4.78, 5) is 14.0. The Morgan fingerprint density at radius 2 is 1.89 bits per heavy atom. The normalized spacial score (nSPS) is 23.3. The molecule has 0 bridgehead atoms. The van der Waals surface area contributed by atoms with Crippen molar-refractivity contribution in [3.05, 3.63) is 32.2 Å². The molecule has 96 valence electrons. The first-order valence-electron chi connectivity index (χ1n) is 6.44. The Balaban J connectivity index is 2.08. The van der Waals surface area contributed by atoms with Crippen molar-refractivity contribution in [1.29, 1.82) is 0 Å². The molecule has 1 unspecified atom stereocenters. The summed E-state index contributed by atoms with van der Waals surface area (Å²) in [6.07, 6.45) is 5.09. The molecule has 1 saturated heterocycles. The lowest BCUT2D eigenvalue weighted by Gasteiger charge is -2.29. The van der Waals surface area contributed by atoms with Crippen LogP contribution < -0.4 is 0 Å². The van der Waals surface area contributed by atoms with Gasteiger partial charge in [-0.1, -0.05) is 0 Å². The van der Waals surface area contributed by atoms with Gasteiger partial charge in [0.05, 0.1) is 6.04 Å². The molecule has 1 aromatic carbocycles. The lowest BCUT2D eigenvalue weighted by Crippen LogP contribution is -2.30. The van der Waals surface area contributed by atoms with E-state index >= 15 is 0 Å². The van der Waals surface area contributed by atoms with Gasteiger partial charge >= 0.3 is 0 Å². The Morgan fingerprint density at radius 1 is 1.11 bits per heavy atom. The van der Waals surface area contributed by atoms with Gasteiger partial charge in [-0.3, -0.25) is 4.79 Å². The molecule has 2 heterocycles. The average Bonchev–Trinajstić information content (AvgIpc) is 2.67. The van der Waals surface area contributed by atoms with Crippen LogP contribution in [0.25, 0.3) is 0 Å². The van der Waals surface area contributed by atoms with Crippen LogP contribution in [0, 0.1) is 0 Å². The monoisotopic (exact) mass is 371 g/mol. The van der Waals surface area contributed by atoms with E-state index in [-0.39, 0.29) is 0 Å². The number of carbonyl (C=O) groups is 1. The van der Waals surface area contributed by atoms with Gasteiger partial charge in [0.1, 0.15) is 0 Å². The molecule has 1 fully saturated rings. The fourth-order valence-electron chi connectivity index (χ4n) is 3.07. The topological polar surface area (TPSA) is 20.3 Å². The zero-order valence-corrected chi connectivity index (χ0v) is 13.3. The van der Waals surface area contributed by atoms with E-state index in [9.17, 15) is 4.79 Å². The maximum atomic E-state index is 11.9. The van der Waals surface area contributed by atoms with Crippen LogP contribution in [-0.4, -0.2) is 17.4 Å². The van der Waals surface area contributed by atoms with E-state index in [2.05, 4.69) is 48.9 Å². The summed E-state index contributed by atoms with van der Waals surface area (Å²) < 4.78 is 2.19. The largest absolute Gasteiger partial charge is 0.336 e. The van der Waals surface area contributed by atoms with E-state index < -0.39 is 0 Å². The highest BCUT2D eigenvalue weighted by Gasteiger charge is 2.34. The summed E-state index contributed by atoms with van der Waals surface area (Å²) in [6, 6.07) is 4.71. The van der Waals surface area contributed by atoms with Crippen LogP contribution in [0.2, 0.25) is 0 Å². The first-order valence-corrected chi connectivity index (χ1v) is 8.02. The van der Waals surface area contributed by atoms with Crippen molar-refractivity contribution in [3.63, 3.8) is 0 Å². The molecule has 0 aliphatic carbocycles. The Morgan fingerprint density at radius 3 is 2.72 bits per heavy atom. The minimum atomic E-state index is 0.303. The molecule has 0 radical (unpaired) electrons. The number of benzene rings is 1. The number of hydrogen-bond acceptors (Lipinski definition) is 1. The number of fused-ring (bicyclic) bond motifs is 3. The highest BCUT2D eigenvalue weighted by molar-refractivity contribution is 9.13. The zero-order chi connectivity index (χ0) is 12.7. The van der Waals surface area contributed by atoms with E-state index in [0.717, 1.165) is 41.2 Å². The number of hydrogen-bond donors (Lipinski definition) is 0. The molecule has 1 atom stereocenters. The third kappa shape index (κ3) is 2.14. The van der Waals surface area contributed by atoms with Gasteiger partial charge in [0.25, 0.3) is 0 Å². The molecule has 2 aliphatic heterocycles. The summed E-state index contributed by atoms with van der Waals surface area (Å²) in [7, 11) is 0. The predicted octanol–water partition coefficient (Wildman–Crippen LogP) is 4.21. The molecule has 4 heteroatoms. The Bertz CT molecular complexity index is 501. The number of halogens is 2. The van der Waals surface area contributed by atoms with Gasteiger partial charge < -0.3 is 4.90 Å². The lowest BCUT2D eigenvalue weighted by molar-refractivity contribution is -0.129. The third-order valence-electron chi connectivity index (χ3n) is 3.96. The van der Waals surface area contributed by atoms with E-state index in [0.29, 0.717) is 18.4 Å². The molecule has 0 aromatic heterocycles. The third-order valence-corrected chi connectivity index (χ3v) is 5.81. The van der Waals surface area contributed by atoms with Crippen LogP contribution in [0.5, 0.6) is 0 Å². The second kappa shape index (κ2) is 4.97. The number of nitrogens with zero attached hydrogens (tertiary/aromatic N) is 1. The zero-order valence-electron chi connectivity index (χ0n) is 10.1. The van der Waals surface area contributed by atoms with Crippen molar-refractivity contribution in [2.75, 3.05) is 6.54 Å². The Labute approximate surface area is 124 Å². The second-order valence-corrected chi connectivity index (χ2v) is 6.77. The van der Waals surface area contributed by atoms with Crippen molar-refractivity contribution >= 4 is 37.8 Å². The minimum Gasteiger partial charge on any atom is -0.336 e. The molecule has 1 aromatic rings. The van der Waals surface area contributed by atoms with Crippen molar-refractivity contribution in [3.8, 4) is 0 Å². The number of amides is 1. The molecule has 0 saturated carbocycles. The second-order valence-electron chi connectivity index (χ2n) is 5.06. The Hall–Kier alpha value is -0.350. The van der Waals surface area contributed by atoms with Crippen LogP contribution in [0.15, 0.2) is 21.1 Å². The molecule has 0 spiro atoms. The van der Waals surface area contributed by atoms with Gasteiger partial charge in [0.2, 0.25) is 5.91 Å². The average molecular weight is 373 g/mol. The first kappa shape index (κ1) is 12.7. The molecule has 2 nitrogen and oxygen atoms in total. The molecule has 0 N–H and O–H groups in total. The van der Waals surface area contributed by atoms with Crippen molar-refractivity contribution in [2.24, 2.45) is 0 Å². The number of aryl methyl sites for hydroxylation is 1. The van der Waals surface area contributed by atoms with Gasteiger partial charge in [-0.15, -0.1) is 0 Å². The lowest BCUT2D eigenvalue weighted by atomic mass is 9.93. The van der Waals surface area contributed by atoms with Gasteiger partial charge in [-0.25, -0.2) is 0 Å². The van der Waals surface area contributed by atoms with E-state index in [1.807, 2.05) is 0 Å². The quantitative estimate of drug-likeness (QED) is 0.667. The van der Waals surface area contributed by atoms with Crippen LogP contribution >= 0.6 is 31.9 Å². The summed E-state index contributed by atoms with van der Waals surface area (Å²) in [5, 5.41) is 0. The van der Waals surface area contributed by atoms with Crippen molar-refractivity contribution in [1.82, 2.24) is 4.90 Å². The SMILES string of the molecule is O=C1CCC2c3cc(Br)c(Br)cc3CCCCN12. The fourth-order valence-corrected chi connectivity index (χ4v) is 3.82. The van der Waals surface area contributed by atoms with E-state index in [1.54, 1.807) is 0 Å². The minimum absolute atomic E-state index is 0.303. The molecular weight excluding hydrogens is 358 g/mol. The summed E-state index contributed by atoms with van der Waals surface area (Å²) >= 11 is 7.16. The maximum absolute atomic E-state index is 11.9. The van der Waals surface area contributed by atoms with Gasteiger partial charge in [0, 0.05) is 21.9 Å². The van der Waals surface area contributed by atoms with Crippen molar-refractivity contribution < 1.29 is 4.79 Å². The summed E-state index contributed by atoms with van der Waals surface area (Å²) in [6.45, 7) is 0.927. The molecule has 1 amide bonds. The number of rotatable bonds is 0. The highest BCUT2D eigenvalue weighted by Crippen LogP contribution is 2.39. The molecule has 3 rings (SSSR count). The van der Waals surface area contributed by atoms with Crippen molar-refractivity contribution in [2.45, 2.75) is 38.1 Å². The Kier molecular flexibility index (Phi) is 3.50. The van der Waals surface area contributed by atoms with Gasteiger partial charge in [-0.05, 0) is 80.8 Å². The first-order chi connectivity index (χ1) is 8.66. The molecule has 18 heavy (non-hydrogen) atoms. The molecule has 2 aliphatic rings. The fraction of sp³-hybridized carbons (Fsp3) is 0.500. The van der Waals surface area contributed by atoms with Crippen LogP contribution in [0.3, 0.4) is 0 Å². The highest BCUT2D eigenvalue weighted by atomic mass is 79.9. The van der Waals surface area contributed by atoms with Gasteiger partial charge in [-0.2, -0.15) is 0 Å². The predicted molar refractivity (Wildman–Crippen MR) is 78.5 cm³/mol. The maximum Gasteiger partial charge on any atom is 0.223 e. The van der Waals surface area contributed by atoms with E-state index in [4.69, 9.17) is 0 Å². The van der Waals surface area contributed by atoms with Crippen LogP contribution in [0.4, 0.5) is 0 Å². The number of carbonyl (C=O) groups excluding carboxylic acids is 1. The molecular formula is C14H15Br2NO. The summed E-state index contributed by atoms with van der Waals surface area (Å²) in [5.41, 5.74) is 2.74. The summed E-state index contributed by atoms with van der Waals surface area (Å²) in [5.74, 6) is 0.326. The van der Waals surface area contributed by atoms with E-state index in [1.165, 1.54) is 11.1 Å².